The lowest BCUT2D eigenvalue weighted by Crippen LogP contribution is -2.26. The normalized spacial score (nSPS) is 10.5. The van der Waals surface area contributed by atoms with E-state index in [1.54, 1.807) is 29.2 Å². The molecular weight excluding hydrogens is 302 g/mol. The fourth-order valence-corrected chi connectivity index (χ4v) is 2.57. The minimum absolute atomic E-state index is 0.0817. The van der Waals surface area contributed by atoms with Gasteiger partial charge in [-0.1, -0.05) is 35.9 Å². The molecule has 0 saturated heterocycles. The molecule has 4 nitrogen and oxygen atoms in total. The molecule has 126 valence electrons. The Morgan fingerprint density at radius 1 is 1.04 bits per heavy atom. The van der Waals surface area contributed by atoms with Crippen molar-refractivity contribution < 1.29 is 14.7 Å². The Morgan fingerprint density at radius 2 is 1.71 bits per heavy atom. The Hall–Kier alpha value is -2.62. The van der Waals surface area contributed by atoms with Gasteiger partial charge in [-0.3, -0.25) is 4.79 Å². The highest BCUT2D eigenvalue weighted by atomic mass is 16.4. The summed E-state index contributed by atoms with van der Waals surface area (Å²) in [5, 5.41) is 8.89. The first-order valence-corrected chi connectivity index (χ1v) is 7.99. The Bertz CT molecular complexity index is 735. The van der Waals surface area contributed by atoms with Gasteiger partial charge in [0.15, 0.2) is 0 Å². The van der Waals surface area contributed by atoms with Crippen LogP contribution < -0.4 is 0 Å². The van der Waals surface area contributed by atoms with E-state index in [0.717, 1.165) is 11.1 Å². The van der Waals surface area contributed by atoms with E-state index in [9.17, 15) is 9.59 Å². The molecular formula is C20H23NO3. The van der Waals surface area contributed by atoms with Gasteiger partial charge in [0, 0.05) is 20.0 Å². The third-order valence-electron chi connectivity index (χ3n) is 4.17. The summed E-state index contributed by atoms with van der Waals surface area (Å²) >= 11 is 0. The smallest absolute Gasteiger partial charge is 0.335 e. The summed E-state index contributed by atoms with van der Waals surface area (Å²) in [5.74, 6) is -0.857. The van der Waals surface area contributed by atoms with E-state index in [-0.39, 0.29) is 11.5 Å². The molecule has 2 rings (SSSR count). The van der Waals surface area contributed by atoms with Gasteiger partial charge in [-0.05, 0) is 49.1 Å². The minimum atomic E-state index is -0.939. The molecule has 0 aliphatic rings. The van der Waals surface area contributed by atoms with Crippen molar-refractivity contribution in [3.63, 3.8) is 0 Å². The van der Waals surface area contributed by atoms with Crippen molar-refractivity contribution in [3.05, 3.63) is 70.3 Å². The lowest BCUT2D eigenvalue weighted by molar-refractivity contribution is -0.130. The lowest BCUT2D eigenvalue weighted by Gasteiger charge is -2.19. The van der Waals surface area contributed by atoms with Crippen LogP contribution in [0.3, 0.4) is 0 Å². The summed E-state index contributed by atoms with van der Waals surface area (Å²) in [6, 6.07) is 12.9. The number of carboxylic acids is 1. The van der Waals surface area contributed by atoms with Crippen LogP contribution in [0.1, 0.15) is 39.0 Å². The summed E-state index contributed by atoms with van der Waals surface area (Å²) in [7, 11) is 1.82. The molecule has 0 aromatic heterocycles. The van der Waals surface area contributed by atoms with Crippen molar-refractivity contribution in [2.24, 2.45) is 0 Å². The Morgan fingerprint density at radius 3 is 2.33 bits per heavy atom. The predicted molar refractivity (Wildman–Crippen MR) is 94.1 cm³/mol. The van der Waals surface area contributed by atoms with Gasteiger partial charge in [0.1, 0.15) is 0 Å². The first-order chi connectivity index (χ1) is 11.4. The Labute approximate surface area is 142 Å². The molecule has 24 heavy (non-hydrogen) atoms. The zero-order chi connectivity index (χ0) is 17.7. The molecule has 0 saturated carbocycles. The molecule has 0 atom stereocenters. The number of carbonyl (C=O) groups is 2. The van der Waals surface area contributed by atoms with Crippen molar-refractivity contribution in [2.75, 3.05) is 7.05 Å². The van der Waals surface area contributed by atoms with E-state index in [1.165, 1.54) is 11.1 Å². The SMILES string of the molecule is Cc1ccc(C)c(CN(C)C(=O)CCc2ccc(C(=O)O)cc2)c1. The van der Waals surface area contributed by atoms with Crippen LogP contribution in [0.4, 0.5) is 0 Å². The van der Waals surface area contributed by atoms with Crippen LogP contribution in [0.2, 0.25) is 0 Å². The Balaban J connectivity index is 1.91. The maximum atomic E-state index is 12.3. The van der Waals surface area contributed by atoms with Crippen LogP contribution in [0.5, 0.6) is 0 Å². The van der Waals surface area contributed by atoms with Crippen molar-refractivity contribution in [2.45, 2.75) is 33.2 Å². The van der Waals surface area contributed by atoms with Gasteiger partial charge in [0.05, 0.1) is 5.56 Å². The fourth-order valence-electron chi connectivity index (χ4n) is 2.57. The van der Waals surface area contributed by atoms with Gasteiger partial charge in [0.25, 0.3) is 0 Å². The van der Waals surface area contributed by atoms with Crippen LogP contribution in [0, 0.1) is 13.8 Å². The monoisotopic (exact) mass is 325 g/mol. The topological polar surface area (TPSA) is 57.6 Å². The number of hydrogen-bond acceptors (Lipinski definition) is 2. The van der Waals surface area contributed by atoms with Gasteiger partial charge in [-0.15, -0.1) is 0 Å². The largest absolute Gasteiger partial charge is 0.478 e. The molecule has 0 fully saturated rings. The van der Waals surface area contributed by atoms with Crippen LogP contribution in [0.15, 0.2) is 42.5 Å². The maximum Gasteiger partial charge on any atom is 0.335 e. The molecule has 0 radical (unpaired) electrons. The van der Waals surface area contributed by atoms with Gasteiger partial charge >= 0.3 is 5.97 Å². The summed E-state index contributed by atoms with van der Waals surface area (Å²) < 4.78 is 0. The fraction of sp³-hybridized carbons (Fsp3) is 0.300. The quantitative estimate of drug-likeness (QED) is 0.883. The van der Waals surface area contributed by atoms with Crippen LogP contribution in [-0.2, 0) is 17.8 Å². The average Bonchev–Trinajstić information content (AvgIpc) is 2.56. The third kappa shape index (κ3) is 4.69. The van der Waals surface area contributed by atoms with Crippen molar-refractivity contribution in [1.29, 1.82) is 0 Å². The summed E-state index contributed by atoms with van der Waals surface area (Å²) in [6.45, 7) is 4.70. The highest BCUT2D eigenvalue weighted by molar-refractivity contribution is 5.87. The second-order valence-electron chi connectivity index (χ2n) is 6.18. The number of rotatable bonds is 6. The molecule has 0 unspecified atom stereocenters. The molecule has 0 spiro atoms. The summed E-state index contributed by atoms with van der Waals surface area (Å²) in [4.78, 5) is 24.9. The van der Waals surface area contributed by atoms with Gasteiger partial charge in [-0.25, -0.2) is 4.79 Å². The average molecular weight is 325 g/mol. The van der Waals surface area contributed by atoms with E-state index in [4.69, 9.17) is 5.11 Å². The number of benzene rings is 2. The van der Waals surface area contributed by atoms with Crippen molar-refractivity contribution >= 4 is 11.9 Å². The standard InChI is InChI=1S/C20H23NO3/c1-14-4-5-15(2)18(12-14)13-21(3)19(22)11-8-16-6-9-17(10-7-16)20(23)24/h4-7,9-10,12H,8,11,13H2,1-3H3,(H,23,24). The molecule has 2 aromatic carbocycles. The second-order valence-corrected chi connectivity index (χ2v) is 6.18. The zero-order valence-electron chi connectivity index (χ0n) is 14.4. The first kappa shape index (κ1) is 17.7. The number of carbonyl (C=O) groups excluding carboxylic acids is 1. The summed E-state index contributed by atoms with van der Waals surface area (Å²) in [6.07, 6.45) is 1.02. The van der Waals surface area contributed by atoms with Crippen molar-refractivity contribution in [1.82, 2.24) is 4.90 Å². The first-order valence-electron chi connectivity index (χ1n) is 7.99. The maximum absolute atomic E-state index is 12.3. The van der Waals surface area contributed by atoms with Crippen molar-refractivity contribution in [3.8, 4) is 0 Å². The second kappa shape index (κ2) is 7.77. The van der Waals surface area contributed by atoms with E-state index in [1.807, 2.05) is 14.0 Å². The number of aromatic carboxylic acids is 1. The molecule has 0 bridgehead atoms. The van der Waals surface area contributed by atoms with E-state index < -0.39 is 5.97 Å². The summed E-state index contributed by atoms with van der Waals surface area (Å²) in [5.41, 5.74) is 4.77. The van der Waals surface area contributed by atoms with E-state index in [0.29, 0.717) is 19.4 Å². The number of amides is 1. The molecule has 1 amide bonds. The van der Waals surface area contributed by atoms with Gasteiger partial charge < -0.3 is 10.0 Å². The highest BCUT2D eigenvalue weighted by Crippen LogP contribution is 2.14. The molecule has 0 heterocycles. The molecule has 4 heteroatoms. The molecule has 0 aliphatic heterocycles. The number of carboxylic acid groups (broad SMARTS) is 1. The van der Waals surface area contributed by atoms with Gasteiger partial charge in [0.2, 0.25) is 5.91 Å². The minimum Gasteiger partial charge on any atom is -0.478 e. The number of aryl methyl sites for hydroxylation is 3. The van der Waals surface area contributed by atoms with E-state index in [2.05, 4.69) is 25.1 Å². The third-order valence-corrected chi connectivity index (χ3v) is 4.17. The molecule has 2 aromatic rings. The highest BCUT2D eigenvalue weighted by Gasteiger charge is 2.11. The predicted octanol–water partition coefficient (Wildman–Crippen LogP) is 3.59. The van der Waals surface area contributed by atoms with Gasteiger partial charge in [-0.2, -0.15) is 0 Å². The molecule has 0 aliphatic carbocycles. The van der Waals surface area contributed by atoms with Crippen LogP contribution in [0.25, 0.3) is 0 Å². The zero-order valence-corrected chi connectivity index (χ0v) is 14.4. The molecule has 1 N–H and O–H groups in total. The van der Waals surface area contributed by atoms with Crippen LogP contribution >= 0.6 is 0 Å². The Kier molecular flexibility index (Phi) is 5.74. The number of hydrogen-bond donors (Lipinski definition) is 1. The van der Waals surface area contributed by atoms with Crippen LogP contribution in [-0.4, -0.2) is 28.9 Å². The van der Waals surface area contributed by atoms with E-state index >= 15 is 0 Å². The lowest BCUT2D eigenvalue weighted by atomic mass is 10.0. The number of nitrogens with zero attached hydrogens (tertiary/aromatic N) is 1.